The minimum atomic E-state index is -3.93. The monoisotopic (exact) mass is 426 g/mol. The van der Waals surface area contributed by atoms with Gasteiger partial charge in [0.25, 0.3) is 5.91 Å². The smallest absolute Gasteiger partial charge is 0.262 e. The zero-order valence-corrected chi connectivity index (χ0v) is 17.6. The number of hydrogen-bond donors (Lipinski definition) is 2. The fourth-order valence-electron chi connectivity index (χ4n) is 3.08. The Morgan fingerprint density at radius 2 is 2.07 bits per heavy atom. The number of carbonyl (C=O) groups excluding carboxylic acids is 1. The summed E-state index contributed by atoms with van der Waals surface area (Å²) in [6.07, 6.45) is 4.07. The van der Waals surface area contributed by atoms with Crippen molar-refractivity contribution in [2.75, 3.05) is 19.8 Å². The summed E-state index contributed by atoms with van der Waals surface area (Å²) in [7, 11) is -3.93. The molecule has 2 unspecified atom stereocenters. The van der Waals surface area contributed by atoms with Crippen molar-refractivity contribution in [3.63, 3.8) is 0 Å². The molecule has 8 nitrogen and oxygen atoms in total. The second-order valence-corrected chi connectivity index (χ2v) is 8.79. The standard InChI is InChI=1S/C20H30N2O6S/c1-3-5-6-14-27-17-7-9-18(10-8-17)29(25,26)22-12-11-16(23)15-19(22)20(24)21-28-13-4-2/h4,7-10,16,19,23H,2-3,5-6,11-15H2,1H3,(H,21,24). The minimum absolute atomic E-state index is 0.00113. The molecule has 1 heterocycles. The second-order valence-electron chi connectivity index (χ2n) is 6.90. The van der Waals surface area contributed by atoms with Crippen LogP contribution in [0.2, 0.25) is 0 Å². The van der Waals surface area contributed by atoms with E-state index in [1.54, 1.807) is 12.1 Å². The van der Waals surface area contributed by atoms with Crippen LogP contribution in [-0.4, -0.2) is 55.6 Å². The topological polar surface area (TPSA) is 105 Å². The maximum Gasteiger partial charge on any atom is 0.262 e. The van der Waals surface area contributed by atoms with E-state index < -0.39 is 28.1 Å². The van der Waals surface area contributed by atoms with E-state index in [-0.39, 0.29) is 30.9 Å². The van der Waals surface area contributed by atoms with Crippen LogP contribution in [-0.2, 0) is 19.7 Å². The third-order valence-electron chi connectivity index (χ3n) is 4.65. The van der Waals surface area contributed by atoms with E-state index in [1.807, 2.05) is 0 Å². The first-order chi connectivity index (χ1) is 13.9. The fraction of sp³-hybridized carbons (Fsp3) is 0.550. The van der Waals surface area contributed by atoms with Crippen molar-refractivity contribution >= 4 is 15.9 Å². The Morgan fingerprint density at radius 1 is 1.34 bits per heavy atom. The maximum absolute atomic E-state index is 13.1. The number of benzene rings is 1. The molecule has 2 N–H and O–H groups in total. The number of nitrogens with one attached hydrogen (secondary N) is 1. The number of amides is 1. The number of carbonyl (C=O) groups is 1. The molecule has 1 aliphatic heterocycles. The first-order valence-corrected chi connectivity index (χ1v) is 11.3. The number of aliphatic hydroxyl groups excluding tert-OH is 1. The largest absolute Gasteiger partial charge is 0.494 e. The number of hydrogen-bond acceptors (Lipinski definition) is 6. The Balaban J connectivity index is 2.11. The van der Waals surface area contributed by atoms with Crippen LogP contribution in [0.25, 0.3) is 0 Å². The first kappa shape index (κ1) is 23.3. The summed E-state index contributed by atoms with van der Waals surface area (Å²) >= 11 is 0. The minimum Gasteiger partial charge on any atom is -0.494 e. The molecule has 0 aliphatic carbocycles. The molecule has 1 amide bonds. The van der Waals surface area contributed by atoms with E-state index in [9.17, 15) is 18.3 Å². The Hall–Kier alpha value is -1.94. The number of aliphatic hydroxyl groups is 1. The van der Waals surface area contributed by atoms with Crippen molar-refractivity contribution in [2.45, 2.75) is 56.1 Å². The van der Waals surface area contributed by atoms with E-state index in [4.69, 9.17) is 9.57 Å². The van der Waals surface area contributed by atoms with Crippen molar-refractivity contribution in [3.8, 4) is 5.75 Å². The van der Waals surface area contributed by atoms with Gasteiger partial charge in [0.05, 0.1) is 24.2 Å². The summed E-state index contributed by atoms with van der Waals surface area (Å²) in [5.41, 5.74) is 2.22. The Labute approximate surface area is 172 Å². The second kappa shape index (κ2) is 11.3. The highest BCUT2D eigenvalue weighted by Crippen LogP contribution is 2.27. The lowest BCUT2D eigenvalue weighted by Gasteiger charge is -2.35. The molecule has 0 bridgehead atoms. The van der Waals surface area contributed by atoms with Gasteiger partial charge in [-0.15, -0.1) is 6.58 Å². The van der Waals surface area contributed by atoms with Crippen LogP contribution in [0.5, 0.6) is 5.75 Å². The summed E-state index contributed by atoms with van der Waals surface area (Å²) < 4.78 is 33.0. The number of sulfonamides is 1. The van der Waals surface area contributed by atoms with Gasteiger partial charge >= 0.3 is 0 Å². The molecule has 162 valence electrons. The highest BCUT2D eigenvalue weighted by molar-refractivity contribution is 7.89. The Kier molecular flexibility index (Phi) is 9.09. The maximum atomic E-state index is 13.1. The number of piperidine rings is 1. The molecule has 2 rings (SSSR count). The predicted octanol–water partition coefficient (Wildman–Crippen LogP) is 2.00. The van der Waals surface area contributed by atoms with Gasteiger partial charge in [-0.3, -0.25) is 9.63 Å². The lowest BCUT2D eigenvalue weighted by molar-refractivity contribution is -0.138. The molecule has 1 saturated heterocycles. The zero-order chi connectivity index (χ0) is 21.3. The third kappa shape index (κ3) is 6.53. The summed E-state index contributed by atoms with van der Waals surface area (Å²) in [4.78, 5) is 17.4. The predicted molar refractivity (Wildman–Crippen MR) is 109 cm³/mol. The molecule has 0 spiro atoms. The number of rotatable bonds is 11. The molecule has 0 saturated carbocycles. The van der Waals surface area contributed by atoms with Crippen molar-refractivity contribution in [3.05, 3.63) is 36.9 Å². The average Bonchev–Trinajstić information content (AvgIpc) is 2.71. The van der Waals surface area contributed by atoms with Crippen LogP contribution in [0.1, 0.15) is 39.0 Å². The van der Waals surface area contributed by atoms with Crippen LogP contribution >= 0.6 is 0 Å². The number of nitrogens with zero attached hydrogens (tertiary/aromatic N) is 1. The van der Waals surface area contributed by atoms with Gasteiger partial charge < -0.3 is 9.84 Å². The molecule has 29 heavy (non-hydrogen) atoms. The van der Waals surface area contributed by atoms with Crippen LogP contribution < -0.4 is 10.2 Å². The summed E-state index contributed by atoms with van der Waals surface area (Å²) in [6.45, 7) is 6.30. The van der Waals surface area contributed by atoms with Gasteiger partial charge in [-0.25, -0.2) is 13.9 Å². The molecule has 1 aliphatic rings. The normalized spacial score (nSPS) is 20.2. The molecule has 9 heteroatoms. The molecule has 2 atom stereocenters. The summed E-state index contributed by atoms with van der Waals surface area (Å²) in [6, 6.07) is 5.11. The van der Waals surface area contributed by atoms with Crippen LogP contribution in [0, 0.1) is 0 Å². The van der Waals surface area contributed by atoms with Crippen molar-refractivity contribution in [1.29, 1.82) is 0 Å². The number of ether oxygens (including phenoxy) is 1. The average molecular weight is 427 g/mol. The molecule has 0 radical (unpaired) electrons. The van der Waals surface area contributed by atoms with Gasteiger partial charge in [0.2, 0.25) is 10.0 Å². The van der Waals surface area contributed by atoms with E-state index in [1.165, 1.54) is 18.2 Å². The van der Waals surface area contributed by atoms with Gasteiger partial charge in [-0.1, -0.05) is 25.8 Å². The summed E-state index contributed by atoms with van der Waals surface area (Å²) in [5.74, 6) is -0.0220. The Bertz CT molecular complexity index is 766. The van der Waals surface area contributed by atoms with E-state index in [2.05, 4.69) is 19.0 Å². The van der Waals surface area contributed by atoms with Crippen LogP contribution in [0.4, 0.5) is 0 Å². The Morgan fingerprint density at radius 3 is 2.72 bits per heavy atom. The molecular weight excluding hydrogens is 396 g/mol. The van der Waals surface area contributed by atoms with E-state index in [0.717, 1.165) is 23.6 Å². The molecule has 1 aromatic carbocycles. The highest BCUT2D eigenvalue weighted by Gasteiger charge is 2.40. The van der Waals surface area contributed by atoms with Gasteiger partial charge in [0.15, 0.2) is 0 Å². The van der Waals surface area contributed by atoms with Gasteiger partial charge in [-0.2, -0.15) is 4.31 Å². The summed E-state index contributed by atoms with van der Waals surface area (Å²) in [5, 5.41) is 9.94. The molecule has 0 aromatic heterocycles. The van der Waals surface area contributed by atoms with Gasteiger partial charge in [0.1, 0.15) is 11.8 Å². The fourth-order valence-corrected chi connectivity index (χ4v) is 4.69. The van der Waals surface area contributed by atoms with E-state index >= 15 is 0 Å². The SMILES string of the molecule is C=CCONC(=O)C1CC(O)CCN1S(=O)(=O)c1ccc(OCCCCC)cc1. The lowest BCUT2D eigenvalue weighted by atomic mass is 10.0. The quantitative estimate of drug-likeness (QED) is 0.319. The molecular formula is C20H30N2O6S. The third-order valence-corrected chi connectivity index (χ3v) is 6.57. The zero-order valence-electron chi connectivity index (χ0n) is 16.7. The van der Waals surface area contributed by atoms with Crippen molar-refractivity contribution < 1.29 is 27.9 Å². The van der Waals surface area contributed by atoms with E-state index in [0.29, 0.717) is 12.4 Å². The molecule has 1 aromatic rings. The lowest BCUT2D eigenvalue weighted by Crippen LogP contribution is -2.54. The number of unbranched alkanes of at least 4 members (excludes halogenated alkanes) is 2. The van der Waals surface area contributed by atoms with Gasteiger partial charge in [0, 0.05) is 6.54 Å². The van der Waals surface area contributed by atoms with Gasteiger partial charge in [-0.05, 0) is 43.5 Å². The first-order valence-electron chi connectivity index (χ1n) is 9.85. The van der Waals surface area contributed by atoms with Crippen LogP contribution in [0.3, 0.4) is 0 Å². The molecule has 1 fully saturated rings. The van der Waals surface area contributed by atoms with Crippen LogP contribution in [0.15, 0.2) is 41.8 Å². The number of hydroxylamine groups is 1. The van der Waals surface area contributed by atoms with Crippen molar-refractivity contribution in [1.82, 2.24) is 9.79 Å². The highest BCUT2D eigenvalue weighted by atomic mass is 32.2. The van der Waals surface area contributed by atoms with Crippen molar-refractivity contribution in [2.24, 2.45) is 0 Å².